The highest BCUT2D eigenvalue weighted by Crippen LogP contribution is 2.42. The summed E-state index contributed by atoms with van der Waals surface area (Å²) in [5, 5.41) is 19.3. The van der Waals surface area contributed by atoms with Crippen molar-refractivity contribution in [2.24, 2.45) is 11.3 Å². The Balaban J connectivity index is 1.03. The molecule has 1 unspecified atom stereocenters. The Kier molecular flexibility index (Phi) is 9.99. The van der Waals surface area contributed by atoms with E-state index in [4.69, 9.17) is 25.3 Å². The first kappa shape index (κ1) is 34.4. The zero-order valence-corrected chi connectivity index (χ0v) is 28.9. The Labute approximate surface area is 287 Å². The molecule has 3 N–H and O–H groups in total. The number of aromatic nitrogens is 1. The van der Waals surface area contributed by atoms with Gasteiger partial charge in [0.05, 0.1) is 35.6 Å². The largest absolute Gasteiger partial charge is 0.413 e. The smallest absolute Gasteiger partial charge is 0.391 e. The topological polar surface area (TPSA) is 152 Å². The summed E-state index contributed by atoms with van der Waals surface area (Å²) >= 11 is 0. The van der Waals surface area contributed by atoms with Gasteiger partial charge in [0, 0.05) is 44.7 Å². The molecule has 3 saturated heterocycles. The van der Waals surface area contributed by atoms with Crippen molar-refractivity contribution in [2.75, 3.05) is 51.2 Å². The number of carbonyl (C=O) groups excluding carboxylic acids is 3. The third-order valence-electron chi connectivity index (χ3n) is 10.5. The number of hydrogen-bond acceptors (Lipinski definition) is 9. The summed E-state index contributed by atoms with van der Waals surface area (Å²) in [6.45, 7) is 9.32. The van der Waals surface area contributed by atoms with E-state index in [0.29, 0.717) is 68.4 Å². The fourth-order valence-electron chi connectivity index (χ4n) is 7.77. The maximum absolute atomic E-state index is 14.0. The van der Waals surface area contributed by atoms with Gasteiger partial charge in [0.1, 0.15) is 5.82 Å². The van der Waals surface area contributed by atoms with Gasteiger partial charge in [-0.15, -0.1) is 0 Å². The molecule has 0 bridgehead atoms. The van der Waals surface area contributed by atoms with Gasteiger partial charge in [-0.25, -0.2) is 9.78 Å². The summed E-state index contributed by atoms with van der Waals surface area (Å²) in [6, 6.07) is 11.2. The molecule has 6 rings (SSSR count). The van der Waals surface area contributed by atoms with E-state index in [1.54, 1.807) is 17.0 Å². The molecule has 0 aliphatic carbocycles. The molecule has 49 heavy (non-hydrogen) atoms. The van der Waals surface area contributed by atoms with E-state index in [1.807, 2.05) is 36.1 Å². The molecule has 4 aliphatic rings. The molecule has 1 spiro atoms. The molecular formula is C37H47N7O5. The lowest BCUT2D eigenvalue weighted by atomic mass is 9.85. The van der Waals surface area contributed by atoms with Crippen molar-refractivity contribution in [3.05, 3.63) is 64.9 Å². The number of likely N-dealkylation sites (tertiary alicyclic amines) is 1. The number of benzene rings is 1. The molecule has 5 heterocycles. The van der Waals surface area contributed by atoms with Gasteiger partial charge in [0.15, 0.2) is 0 Å². The number of amides is 3. The van der Waals surface area contributed by atoms with Crippen LogP contribution in [0.1, 0.15) is 68.3 Å². The summed E-state index contributed by atoms with van der Waals surface area (Å²) in [7, 11) is 1.44. The molecule has 0 radical (unpaired) electrons. The van der Waals surface area contributed by atoms with Gasteiger partial charge in [0.2, 0.25) is 17.7 Å². The van der Waals surface area contributed by atoms with Crippen molar-refractivity contribution < 1.29 is 23.9 Å². The monoisotopic (exact) mass is 669 g/mol. The number of hydrogen-bond donors (Lipinski definition) is 3. The quantitative estimate of drug-likeness (QED) is 0.292. The summed E-state index contributed by atoms with van der Waals surface area (Å²) in [4.78, 5) is 49.4. The summed E-state index contributed by atoms with van der Waals surface area (Å²) in [5.41, 5.74) is 4.26. The molecule has 1 aromatic carbocycles. The van der Waals surface area contributed by atoms with Gasteiger partial charge in [0.25, 0.3) is 0 Å². The molecule has 4 atom stereocenters. The molecule has 0 saturated carbocycles. The molecule has 260 valence electrons. The lowest BCUT2D eigenvalue weighted by Gasteiger charge is -2.32. The highest BCUT2D eigenvalue weighted by molar-refractivity contribution is 6.02. The normalized spacial score (nSPS) is 25.8. The van der Waals surface area contributed by atoms with Crippen molar-refractivity contribution in [1.29, 1.82) is 10.8 Å². The second kappa shape index (κ2) is 14.2. The Morgan fingerprint density at radius 2 is 1.76 bits per heavy atom. The van der Waals surface area contributed by atoms with Gasteiger partial charge >= 0.3 is 6.09 Å². The first-order valence-corrected chi connectivity index (χ1v) is 17.3. The van der Waals surface area contributed by atoms with Crippen molar-refractivity contribution >= 4 is 40.9 Å². The second-order valence-electron chi connectivity index (χ2n) is 14.0. The van der Waals surface area contributed by atoms with Crippen LogP contribution in [-0.4, -0.2) is 103 Å². The van der Waals surface area contributed by atoms with Gasteiger partial charge in [-0.05, 0) is 94.3 Å². The Bertz CT molecular complexity index is 1660. The number of rotatable bonds is 7. The highest BCUT2D eigenvalue weighted by atomic mass is 16.6. The van der Waals surface area contributed by atoms with Crippen molar-refractivity contribution in [3.8, 4) is 0 Å². The molecule has 3 fully saturated rings. The number of nitrogens with zero attached hydrogens (tertiary/aromatic N) is 4. The number of aryl methyl sites for hydroxylation is 1. The lowest BCUT2D eigenvalue weighted by molar-refractivity contribution is -0.132. The first-order chi connectivity index (χ1) is 23.5. The minimum absolute atomic E-state index is 0.0601. The van der Waals surface area contributed by atoms with Crippen LogP contribution in [0.15, 0.2) is 42.5 Å². The molecule has 12 nitrogen and oxygen atoms in total. The Hall–Kier alpha value is -4.42. The molecule has 4 aliphatic heterocycles. The van der Waals surface area contributed by atoms with E-state index in [-0.39, 0.29) is 42.4 Å². The predicted octanol–water partition coefficient (Wildman–Crippen LogP) is 4.39. The Morgan fingerprint density at radius 3 is 2.43 bits per heavy atom. The van der Waals surface area contributed by atoms with Crippen LogP contribution in [0, 0.1) is 29.1 Å². The number of alkyl carbamates (subject to hydrolysis) is 1. The van der Waals surface area contributed by atoms with Crippen LogP contribution in [-0.2, 0) is 19.1 Å². The molecule has 12 heteroatoms. The van der Waals surface area contributed by atoms with Crippen LogP contribution in [0.3, 0.4) is 0 Å². The lowest BCUT2D eigenvalue weighted by Crippen LogP contribution is -2.43. The zero-order valence-electron chi connectivity index (χ0n) is 28.9. The number of anilines is 1. The maximum Gasteiger partial charge on any atom is 0.413 e. The predicted molar refractivity (Wildman–Crippen MR) is 187 cm³/mol. The third kappa shape index (κ3) is 7.30. The third-order valence-corrected chi connectivity index (χ3v) is 10.5. The van der Waals surface area contributed by atoms with Gasteiger partial charge < -0.3 is 25.1 Å². The standard InChI is InChI=1S/C37H47N7O5/c1-23-5-10-30(41-33(23)32(38)29-19-24(2)48-25(3)20-29)44-18-14-37(35(44)46)13-17-42(22-37)21-31(45)43-15-11-27(12-16-43)26-6-8-28(9-7-26)34(39)49-36(47)40-4/h5-11,24-25,29,38-39H,12-22H2,1-4H3,(H,40,47)/t24-,25+,29?,37-/m0/s1. The van der Waals surface area contributed by atoms with Crippen LogP contribution >= 0.6 is 0 Å². The van der Waals surface area contributed by atoms with Gasteiger partial charge in [-0.2, -0.15) is 0 Å². The number of pyridine rings is 1. The summed E-state index contributed by atoms with van der Waals surface area (Å²) < 4.78 is 10.8. The van der Waals surface area contributed by atoms with Crippen molar-refractivity contribution in [2.45, 2.75) is 65.1 Å². The molecule has 1 aromatic heterocycles. The molecule has 3 amide bonds. The van der Waals surface area contributed by atoms with Crippen LogP contribution in [0.4, 0.5) is 10.6 Å². The SMILES string of the molecule is CNC(=O)OC(=N)c1ccc(C2=CCN(C(=O)CN3CC[C@]4(CCN(c5ccc(C)c(C(=N)C6C[C@@H](C)O[C@@H](C)C6)n5)C4=O)C3)CC2)cc1. The summed E-state index contributed by atoms with van der Waals surface area (Å²) in [6.07, 6.45) is 5.33. The van der Waals surface area contributed by atoms with Crippen molar-refractivity contribution in [3.63, 3.8) is 0 Å². The fourth-order valence-corrected chi connectivity index (χ4v) is 7.77. The minimum Gasteiger partial charge on any atom is -0.391 e. The van der Waals surface area contributed by atoms with Gasteiger partial charge in [-0.3, -0.25) is 24.8 Å². The van der Waals surface area contributed by atoms with Crippen LogP contribution in [0.25, 0.3) is 5.57 Å². The minimum atomic E-state index is -0.684. The van der Waals surface area contributed by atoms with Crippen molar-refractivity contribution in [1.82, 2.24) is 20.1 Å². The van der Waals surface area contributed by atoms with Crippen LogP contribution in [0.2, 0.25) is 0 Å². The van der Waals surface area contributed by atoms with E-state index in [2.05, 4.69) is 30.1 Å². The first-order valence-electron chi connectivity index (χ1n) is 17.3. The summed E-state index contributed by atoms with van der Waals surface area (Å²) in [5.74, 6) is 0.593. The average molecular weight is 670 g/mol. The number of carbonyl (C=O) groups is 3. The fraction of sp³-hybridized carbons (Fsp3) is 0.514. The van der Waals surface area contributed by atoms with Crippen LogP contribution < -0.4 is 10.2 Å². The zero-order chi connectivity index (χ0) is 34.9. The van der Waals surface area contributed by atoms with E-state index in [1.165, 1.54) is 7.05 Å². The Morgan fingerprint density at radius 1 is 1.04 bits per heavy atom. The average Bonchev–Trinajstić information content (AvgIpc) is 3.65. The van der Waals surface area contributed by atoms with E-state index in [0.717, 1.165) is 36.0 Å². The number of nitrogens with one attached hydrogen (secondary N) is 3. The van der Waals surface area contributed by atoms with Gasteiger partial charge in [-0.1, -0.05) is 24.3 Å². The number of ether oxygens (including phenoxy) is 2. The van der Waals surface area contributed by atoms with Crippen LogP contribution in [0.5, 0.6) is 0 Å². The maximum atomic E-state index is 14.0. The van der Waals surface area contributed by atoms with E-state index >= 15 is 0 Å². The highest BCUT2D eigenvalue weighted by Gasteiger charge is 2.51. The second-order valence-corrected chi connectivity index (χ2v) is 14.0. The van der Waals surface area contributed by atoms with E-state index < -0.39 is 11.5 Å². The molecule has 2 aromatic rings. The van der Waals surface area contributed by atoms with E-state index in [9.17, 15) is 14.4 Å². The molecular weight excluding hydrogens is 622 g/mol.